The monoisotopic (exact) mass is 560 g/mol. The summed E-state index contributed by atoms with van der Waals surface area (Å²) in [7, 11) is 3.62. The zero-order chi connectivity index (χ0) is 27.5. The van der Waals surface area contributed by atoms with Gasteiger partial charge in [0.2, 0.25) is 5.91 Å². The van der Waals surface area contributed by atoms with Crippen molar-refractivity contribution in [2.24, 2.45) is 0 Å². The topological polar surface area (TPSA) is 83.1 Å². The maximum absolute atomic E-state index is 14.5. The number of fused-ring (bicyclic) bond motifs is 1. The number of anilines is 2. The lowest BCUT2D eigenvalue weighted by molar-refractivity contribution is -0.134. The van der Waals surface area contributed by atoms with Crippen molar-refractivity contribution in [2.45, 2.75) is 18.9 Å². The summed E-state index contributed by atoms with van der Waals surface area (Å²) in [5.74, 6) is -0.249. The number of likely N-dealkylation sites (N-methyl/N-ethyl adjacent to an activating group) is 1. The van der Waals surface area contributed by atoms with Gasteiger partial charge in [0.1, 0.15) is 29.1 Å². The van der Waals surface area contributed by atoms with E-state index < -0.39 is 16.7 Å². The Morgan fingerprint density at radius 1 is 1.08 bits per heavy atom. The molecular formula is C27H31ClF2N6O3. The molecule has 0 bridgehead atoms. The number of nitrogens with one attached hydrogen (secondary N) is 1. The SMILES string of the molecule is COc1cc2ncnc(Nc3ccc(F)c(Cl)c3F)c2cc1OC1CCN(CC(=O)N2CCN(C)CC2)CC1. The highest BCUT2D eigenvalue weighted by atomic mass is 35.5. The first-order valence-corrected chi connectivity index (χ1v) is 13.3. The number of carbonyl (C=O) groups is 1. The summed E-state index contributed by atoms with van der Waals surface area (Å²) >= 11 is 5.74. The summed E-state index contributed by atoms with van der Waals surface area (Å²) in [6.45, 7) is 5.29. The van der Waals surface area contributed by atoms with Gasteiger partial charge in [0.25, 0.3) is 0 Å². The minimum Gasteiger partial charge on any atom is -0.493 e. The van der Waals surface area contributed by atoms with Crippen molar-refractivity contribution in [1.82, 2.24) is 24.7 Å². The van der Waals surface area contributed by atoms with Gasteiger partial charge in [0.15, 0.2) is 17.3 Å². The van der Waals surface area contributed by atoms with Crippen LogP contribution in [0.5, 0.6) is 11.5 Å². The van der Waals surface area contributed by atoms with Crippen LogP contribution in [-0.2, 0) is 4.79 Å². The van der Waals surface area contributed by atoms with Gasteiger partial charge in [-0.05, 0) is 38.1 Å². The van der Waals surface area contributed by atoms with E-state index in [1.807, 2.05) is 4.90 Å². The molecule has 1 amide bonds. The molecule has 2 aromatic carbocycles. The van der Waals surface area contributed by atoms with E-state index in [2.05, 4.69) is 32.1 Å². The second-order valence-electron chi connectivity index (χ2n) is 9.87. The summed E-state index contributed by atoms with van der Waals surface area (Å²) in [5.41, 5.74) is 0.542. The average molecular weight is 561 g/mol. The molecule has 5 rings (SSSR count). The van der Waals surface area contributed by atoms with E-state index in [4.69, 9.17) is 21.1 Å². The molecule has 0 radical (unpaired) electrons. The second-order valence-corrected chi connectivity index (χ2v) is 10.2. The Morgan fingerprint density at radius 3 is 2.54 bits per heavy atom. The number of likely N-dealkylation sites (tertiary alicyclic amines) is 1. The summed E-state index contributed by atoms with van der Waals surface area (Å²) in [6, 6.07) is 5.83. The molecule has 39 heavy (non-hydrogen) atoms. The number of halogens is 3. The van der Waals surface area contributed by atoms with Crippen molar-refractivity contribution < 1.29 is 23.0 Å². The molecule has 2 aliphatic heterocycles. The summed E-state index contributed by atoms with van der Waals surface area (Å²) in [5, 5.41) is 2.86. The van der Waals surface area contributed by atoms with E-state index in [0.29, 0.717) is 34.8 Å². The fraction of sp³-hybridized carbons (Fsp3) is 0.444. The third-order valence-corrected chi connectivity index (χ3v) is 7.60. The van der Waals surface area contributed by atoms with Crippen molar-refractivity contribution in [2.75, 3.05) is 65.3 Å². The quantitative estimate of drug-likeness (QED) is 0.435. The Hall–Kier alpha value is -3.28. The third-order valence-electron chi connectivity index (χ3n) is 7.25. The lowest BCUT2D eigenvalue weighted by Crippen LogP contribution is -2.51. The summed E-state index contributed by atoms with van der Waals surface area (Å²) < 4.78 is 40.1. The van der Waals surface area contributed by atoms with E-state index in [9.17, 15) is 13.6 Å². The van der Waals surface area contributed by atoms with Gasteiger partial charge in [0.05, 0.1) is 24.9 Å². The first kappa shape index (κ1) is 27.3. The molecule has 1 aromatic heterocycles. The Balaban J connectivity index is 1.27. The van der Waals surface area contributed by atoms with Gasteiger partial charge < -0.3 is 24.6 Å². The van der Waals surface area contributed by atoms with Gasteiger partial charge in [-0.15, -0.1) is 0 Å². The maximum Gasteiger partial charge on any atom is 0.236 e. The van der Waals surface area contributed by atoms with E-state index >= 15 is 0 Å². The number of hydrogen-bond donors (Lipinski definition) is 1. The van der Waals surface area contributed by atoms with Crippen LogP contribution < -0.4 is 14.8 Å². The first-order valence-electron chi connectivity index (χ1n) is 12.9. The van der Waals surface area contributed by atoms with Gasteiger partial charge in [-0.3, -0.25) is 9.69 Å². The van der Waals surface area contributed by atoms with Crippen molar-refractivity contribution in [3.63, 3.8) is 0 Å². The van der Waals surface area contributed by atoms with E-state index in [1.165, 1.54) is 12.4 Å². The van der Waals surface area contributed by atoms with Gasteiger partial charge in [-0.25, -0.2) is 18.7 Å². The number of nitrogens with zero attached hydrogens (tertiary/aromatic N) is 5. The normalized spacial score (nSPS) is 17.4. The molecular weight excluding hydrogens is 530 g/mol. The van der Waals surface area contributed by atoms with Gasteiger partial charge >= 0.3 is 0 Å². The fourth-order valence-electron chi connectivity index (χ4n) is 4.88. The van der Waals surface area contributed by atoms with Crippen molar-refractivity contribution >= 4 is 39.9 Å². The molecule has 12 heteroatoms. The zero-order valence-corrected chi connectivity index (χ0v) is 22.7. The van der Waals surface area contributed by atoms with Crippen LogP contribution in [0.1, 0.15) is 12.8 Å². The van der Waals surface area contributed by atoms with Crippen LogP contribution in [0.15, 0.2) is 30.6 Å². The molecule has 0 saturated carbocycles. The van der Waals surface area contributed by atoms with Crippen LogP contribution in [0.25, 0.3) is 10.9 Å². The highest BCUT2D eigenvalue weighted by molar-refractivity contribution is 6.31. The van der Waals surface area contributed by atoms with Gasteiger partial charge in [-0.1, -0.05) is 11.6 Å². The number of methoxy groups -OCH3 is 1. The molecule has 2 saturated heterocycles. The predicted molar refractivity (Wildman–Crippen MR) is 145 cm³/mol. The zero-order valence-electron chi connectivity index (χ0n) is 21.9. The molecule has 0 aliphatic carbocycles. The van der Waals surface area contributed by atoms with Crippen LogP contribution in [0, 0.1) is 11.6 Å². The number of hydrogen-bond acceptors (Lipinski definition) is 8. The number of piperidine rings is 1. The summed E-state index contributed by atoms with van der Waals surface area (Å²) in [4.78, 5) is 27.6. The van der Waals surface area contributed by atoms with Gasteiger partial charge in [-0.2, -0.15) is 0 Å². The Bertz CT molecular complexity index is 1350. The number of benzene rings is 2. The smallest absolute Gasteiger partial charge is 0.236 e. The molecule has 3 aromatic rings. The fourth-order valence-corrected chi connectivity index (χ4v) is 5.04. The molecule has 0 unspecified atom stereocenters. The number of rotatable bonds is 7. The van der Waals surface area contributed by atoms with Crippen LogP contribution in [0.2, 0.25) is 5.02 Å². The van der Waals surface area contributed by atoms with Crippen molar-refractivity contribution in [3.05, 3.63) is 47.2 Å². The van der Waals surface area contributed by atoms with E-state index in [0.717, 1.165) is 58.2 Å². The highest BCUT2D eigenvalue weighted by Gasteiger charge is 2.26. The molecule has 0 spiro atoms. The predicted octanol–water partition coefficient (Wildman–Crippen LogP) is 3.93. The molecule has 2 fully saturated rings. The van der Waals surface area contributed by atoms with Crippen molar-refractivity contribution in [1.29, 1.82) is 0 Å². The largest absolute Gasteiger partial charge is 0.493 e. The lowest BCUT2D eigenvalue weighted by Gasteiger charge is -2.36. The van der Waals surface area contributed by atoms with E-state index in [1.54, 1.807) is 19.2 Å². The lowest BCUT2D eigenvalue weighted by atomic mass is 10.1. The standard InChI is InChI=1S/C27H31ClF2N6O3/c1-34-9-11-36(12-10-34)24(37)15-35-7-5-17(6-8-35)39-23-13-18-21(14-22(23)38-2)31-16-32-27(18)33-20-4-3-19(29)25(28)26(20)30/h3-4,13-14,16-17H,5-12,15H2,1-2H3,(H,31,32,33). The Labute approximate surface area is 230 Å². The minimum atomic E-state index is -0.911. The summed E-state index contributed by atoms with van der Waals surface area (Å²) in [6.07, 6.45) is 2.79. The molecule has 9 nitrogen and oxygen atoms in total. The second kappa shape index (κ2) is 11.8. The van der Waals surface area contributed by atoms with Gasteiger partial charge in [0, 0.05) is 50.7 Å². The van der Waals surface area contributed by atoms with Crippen LogP contribution in [0.4, 0.5) is 20.3 Å². The average Bonchev–Trinajstić information content (AvgIpc) is 2.94. The van der Waals surface area contributed by atoms with Crippen molar-refractivity contribution in [3.8, 4) is 11.5 Å². The molecule has 3 heterocycles. The highest BCUT2D eigenvalue weighted by Crippen LogP contribution is 2.37. The molecule has 1 N–H and O–H groups in total. The van der Waals surface area contributed by atoms with Crippen LogP contribution in [-0.4, -0.2) is 96.6 Å². The Kier molecular flexibility index (Phi) is 8.29. The maximum atomic E-state index is 14.5. The minimum absolute atomic E-state index is 0.0156. The number of piperazine rings is 1. The number of amides is 1. The number of ether oxygens (including phenoxy) is 2. The number of aromatic nitrogens is 2. The molecule has 0 atom stereocenters. The van der Waals surface area contributed by atoms with Crippen LogP contribution in [0.3, 0.4) is 0 Å². The first-order chi connectivity index (χ1) is 18.8. The number of carbonyl (C=O) groups excluding carboxylic acids is 1. The van der Waals surface area contributed by atoms with E-state index in [-0.39, 0.29) is 17.7 Å². The Morgan fingerprint density at radius 2 is 1.82 bits per heavy atom. The van der Waals surface area contributed by atoms with Crippen LogP contribution >= 0.6 is 11.6 Å². The molecule has 208 valence electrons. The third kappa shape index (κ3) is 6.15. The molecule has 2 aliphatic rings.